The van der Waals surface area contributed by atoms with Crippen LogP contribution < -0.4 is 9.46 Å². The van der Waals surface area contributed by atoms with Crippen LogP contribution in [-0.2, 0) is 21.9 Å². The molecule has 1 aromatic carbocycles. The Hall–Kier alpha value is -1.92. The third-order valence-electron chi connectivity index (χ3n) is 3.34. The molecule has 2 heterocycles. The summed E-state index contributed by atoms with van der Waals surface area (Å²) in [6.45, 7) is 1.69. The van der Waals surface area contributed by atoms with Crippen LogP contribution in [0.4, 0.5) is 0 Å². The molecule has 1 atom stereocenters. The summed E-state index contributed by atoms with van der Waals surface area (Å²) in [6.07, 6.45) is 0. The normalized spacial score (nSPS) is 22.3. The van der Waals surface area contributed by atoms with Crippen molar-refractivity contribution in [2.75, 3.05) is 7.11 Å². The minimum Gasteiger partial charge on any atom is -0.618 e. The quantitative estimate of drug-likeness (QED) is 0.542. The molecular formula is C12H12N2O4. The van der Waals surface area contributed by atoms with Gasteiger partial charge in [-0.2, -0.15) is 9.46 Å². The fourth-order valence-corrected chi connectivity index (χ4v) is 2.29. The molecule has 1 unspecified atom stereocenters. The summed E-state index contributed by atoms with van der Waals surface area (Å²) in [6, 6.07) is 6.64. The molecule has 0 spiro atoms. The van der Waals surface area contributed by atoms with Crippen molar-refractivity contribution < 1.29 is 18.9 Å². The van der Waals surface area contributed by atoms with E-state index in [-0.39, 0.29) is 12.3 Å². The highest BCUT2D eigenvalue weighted by Gasteiger charge is 2.50. The number of hydrogen-bond donors (Lipinski definition) is 0. The van der Waals surface area contributed by atoms with E-state index in [4.69, 9.17) is 9.47 Å². The van der Waals surface area contributed by atoms with Gasteiger partial charge in [0.25, 0.3) is 22.5 Å². The molecule has 1 aliphatic heterocycles. The van der Waals surface area contributed by atoms with Crippen molar-refractivity contribution in [2.45, 2.75) is 19.3 Å². The van der Waals surface area contributed by atoms with Gasteiger partial charge in [0, 0.05) is 26.2 Å². The second kappa shape index (κ2) is 3.54. The molecule has 0 radical (unpaired) electrons. The lowest BCUT2D eigenvalue weighted by Gasteiger charge is -2.19. The molecule has 1 aromatic heterocycles. The summed E-state index contributed by atoms with van der Waals surface area (Å²) in [7, 11) is 1.44. The van der Waals surface area contributed by atoms with Crippen molar-refractivity contribution >= 4 is 11.0 Å². The van der Waals surface area contributed by atoms with Gasteiger partial charge < -0.3 is 19.9 Å². The van der Waals surface area contributed by atoms with E-state index in [1.54, 1.807) is 31.2 Å². The van der Waals surface area contributed by atoms with Gasteiger partial charge in [0.2, 0.25) is 0 Å². The largest absolute Gasteiger partial charge is 0.618 e. The molecule has 6 heteroatoms. The number of nitrogens with zero attached hydrogens (tertiary/aromatic N) is 2. The fraction of sp³-hybridized carbons (Fsp3) is 0.333. The number of hydrogen-bond acceptors (Lipinski definition) is 4. The van der Waals surface area contributed by atoms with E-state index in [1.165, 1.54) is 7.11 Å². The van der Waals surface area contributed by atoms with Crippen molar-refractivity contribution in [1.82, 2.24) is 0 Å². The lowest BCUT2D eigenvalue weighted by Crippen LogP contribution is -2.48. The first kappa shape index (κ1) is 11.2. The maximum absolute atomic E-state index is 12.4. The highest BCUT2D eigenvalue weighted by Crippen LogP contribution is 2.33. The molecule has 0 saturated heterocycles. The third kappa shape index (κ3) is 1.24. The first-order chi connectivity index (χ1) is 8.58. The van der Waals surface area contributed by atoms with Gasteiger partial charge >= 0.3 is 5.69 Å². The van der Waals surface area contributed by atoms with Crippen molar-refractivity contribution in [2.24, 2.45) is 0 Å². The monoisotopic (exact) mass is 248 g/mol. The molecule has 0 amide bonds. The molecule has 18 heavy (non-hydrogen) atoms. The Bertz CT molecular complexity index is 644. The molecule has 0 aliphatic carbocycles. The Morgan fingerprint density at radius 3 is 2.44 bits per heavy atom. The van der Waals surface area contributed by atoms with E-state index in [0.717, 1.165) is 9.46 Å². The van der Waals surface area contributed by atoms with E-state index in [2.05, 4.69) is 0 Å². The maximum atomic E-state index is 12.4. The van der Waals surface area contributed by atoms with Gasteiger partial charge in [-0.3, -0.25) is 0 Å². The summed E-state index contributed by atoms with van der Waals surface area (Å²) >= 11 is 0. The molecule has 0 N–H and O–H groups in total. The van der Waals surface area contributed by atoms with E-state index < -0.39 is 5.79 Å². The summed E-state index contributed by atoms with van der Waals surface area (Å²) in [4.78, 5) is 0. The minimum atomic E-state index is -1.17. The van der Waals surface area contributed by atoms with Gasteiger partial charge in [0.15, 0.2) is 0 Å². The smallest absolute Gasteiger partial charge is 0.324 e. The molecule has 3 rings (SSSR count). The average molecular weight is 248 g/mol. The number of rotatable bonds is 1. The van der Waals surface area contributed by atoms with Gasteiger partial charge in [-0.05, 0) is 0 Å². The summed E-state index contributed by atoms with van der Waals surface area (Å²) in [5.41, 5.74) is 1.15. The zero-order chi connectivity index (χ0) is 12.9. The molecule has 0 bridgehead atoms. The third-order valence-corrected chi connectivity index (χ3v) is 3.34. The molecule has 0 saturated carbocycles. The first-order valence-corrected chi connectivity index (χ1v) is 5.55. The molecule has 6 nitrogen and oxygen atoms in total. The van der Waals surface area contributed by atoms with Gasteiger partial charge in [-0.25, -0.2) is 0 Å². The van der Waals surface area contributed by atoms with Crippen LogP contribution in [0.25, 0.3) is 11.0 Å². The van der Waals surface area contributed by atoms with Crippen molar-refractivity contribution in [3.05, 3.63) is 46.1 Å². The van der Waals surface area contributed by atoms with Crippen LogP contribution in [0.2, 0.25) is 0 Å². The maximum Gasteiger partial charge on any atom is 0.324 e. The lowest BCUT2D eigenvalue weighted by atomic mass is 10.2. The van der Waals surface area contributed by atoms with Crippen molar-refractivity contribution in [3.63, 3.8) is 0 Å². The van der Waals surface area contributed by atoms with E-state index in [9.17, 15) is 10.4 Å². The second-order valence-corrected chi connectivity index (χ2v) is 4.31. The van der Waals surface area contributed by atoms with Gasteiger partial charge in [-0.15, -0.1) is 0 Å². The molecule has 94 valence electrons. The van der Waals surface area contributed by atoms with Crippen LogP contribution in [0.5, 0.6) is 0 Å². The Labute approximate surface area is 103 Å². The highest BCUT2D eigenvalue weighted by atomic mass is 16.7. The van der Waals surface area contributed by atoms with Crippen molar-refractivity contribution in [1.29, 1.82) is 0 Å². The van der Waals surface area contributed by atoms with Crippen LogP contribution in [-0.4, -0.2) is 7.11 Å². The van der Waals surface area contributed by atoms with Crippen LogP contribution in [0.3, 0.4) is 0 Å². The summed E-state index contributed by atoms with van der Waals surface area (Å²) < 4.78 is 12.1. The predicted octanol–water partition coefficient (Wildman–Crippen LogP) is 0.456. The van der Waals surface area contributed by atoms with Crippen LogP contribution in [0.15, 0.2) is 24.3 Å². The first-order valence-electron chi connectivity index (χ1n) is 5.55. The minimum absolute atomic E-state index is 0.0657. The Morgan fingerprint density at radius 2 is 1.83 bits per heavy atom. The highest BCUT2D eigenvalue weighted by molar-refractivity contribution is 5.67. The second-order valence-electron chi connectivity index (χ2n) is 4.31. The standard InChI is InChI=1S/C12H12N2O4/c1-12(17-2)11-10(7-18-12)13(15)8-5-3-4-6-9(8)14(11)16/h3-6H,7H2,1-2H3. The average Bonchev–Trinajstić information content (AvgIpc) is 2.75. The van der Waals surface area contributed by atoms with E-state index in [0.29, 0.717) is 16.7 Å². The van der Waals surface area contributed by atoms with Crippen molar-refractivity contribution in [3.8, 4) is 0 Å². The zero-order valence-electron chi connectivity index (χ0n) is 10.0. The fourth-order valence-electron chi connectivity index (χ4n) is 2.29. The topological polar surface area (TPSA) is 72.3 Å². The number of methoxy groups -OCH3 is 1. The predicted molar refractivity (Wildman–Crippen MR) is 61.0 cm³/mol. The van der Waals surface area contributed by atoms with Gasteiger partial charge in [0.05, 0.1) is 0 Å². The lowest BCUT2D eigenvalue weighted by molar-refractivity contribution is -0.643. The number of aromatic nitrogens is 2. The van der Waals surface area contributed by atoms with Crippen LogP contribution >= 0.6 is 0 Å². The molecule has 0 fully saturated rings. The molecule has 2 aromatic rings. The Kier molecular flexibility index (Phi) is 2.20. The summed E-state index contributed by atoms with van der Waals surface area (Å²) in [5, 5.41) is 24.6. The molecule has 1 aliphatic rings. The van der Waals surface area contributed by atoms with Crippen LogP contribution in [0, 0.1) is 10.4 Å². The zero-order valence-corrected chi connectivity index (χ0v) is 10.0. The number of fused-ring (bicyclic) bond motifs is 2. The van der Waals surface area contributed by atoms with Gasteiger partial charge in [0.1, 0.15) is 6.61 Å². The Morgan fingerprint density at radius 1 is 1.22 bits per heavy atom. The van der Waals surface area contributed by atoms with Crippen LogP contribution in [0.1, 0.15) is 18.3 Å². The van der Waals surface area contributed by atoms with Gasteiger partial charge in [-0.1, -0.05) is 12.1 Å². The SMILES string of the molecule is COC1(C)OCc2c1[n+]([O-])c1ccccc1[n+]2[O-]. The number of ether oxygens (including phenoxy) is 2. The summed E-state index contributed by atoms with van der Waals surface area (Å²) in [5.74, 6) is -1.17. The number of para-hydroxylation sites is 2. The molecular weight excluding hydrogens is 236 g/mol. The van der Waals surface area contributed by atoms with E-state index in [1.807, 2.05) is 0 Å². The number of benzene rings is 1. The Balaban J connectivity index is 2.44. The van der Waals surface area contributed by atoms with E-state index >= 15 is 0 Å².